The highest BCUT2D eigenvalue weighted by atomic mass is 16.6. The van der Waals surface area contributed by atoms with Crippen LogP contribution in [0.25, 0.3) is 0 Å². The zero-order valence-corrected chi connectivity index (χ0v) is 10.3. The molecule has 0 bridgehead atoms. The summed E-state index contributed by atoms with van der Waals surface area (Å²) < 4.78 is 10.5. The highest BCUT2D eigenvalue weighted by Gasteiger charge is 2.21. The van der Waals surface area contributed by atoms with Crippen molar-refractivity contribution in [1.82, 2.24) is 5.32 Å². The Hall–Kier alpha value is -0.610. The highest BCUT2D eigenvalue weighted by molar-refractivity contribution is 5.72. The molecule has 0 saturated carbocycles. The van der Waals surface area contributed by atoms with Crippen LogP contribution in [0.1, 0.15) is 26.7 Å². The lowest BCUT2D eigenvalue weighted by atomic mass is 10.0. The Morgan fingerprint density at radius 3 is 2.88 bits per heavy atom. The fraction of sp³-hybridized carbons (Fsp3) is 0.917. The summed E-state index contributed by atoms with van der Waals surface area (Å²) in [6.45, 7) is 7.57. The third-order valence-electron chi connectivity index (χ3n) is 2.55. The van der Waals surface area contributed by atoms with E-state index in [1.807, 2.05) is 0 Å². The van der Waals surface area contributed by atoms with E-state index in [1.54, 1.807) is 0 Å². The molecule has 0 spiro atoms. The molecule has 4 heteroatoms. The van der Waals surface area contributed by atoms with Gasteiger partial charge in [-0.15, -0.1) is 0 Å². The van der Waals surface area contributed by atoms with E-state index >= 15 is 0 Å². The first-order chi connectivity index (χ1) is 7.70. The second-order valence-electron chi connectivity index (χ2n) is 4.68. The first kappa shape index (κ1) is 13.5. The third-order valence-corrected chi connectivity index (χ3v) is 2.55. The number of esters is 1. The summed E-state index contributed by atoms with van der Waals surface area (Å²) in [4.78, 5) is 11.6. The van der Waals surface area contributed by atoms with E-state index in [1.165, 1.54) is 0 Å². The highest BCUT2D eigenvalue weighted by Crippen LogP contribution is 2.11. The van der Waals surface area contributed by atoms with E-state index in [4.69, 9.17) is 9.47 Å². The number of ether oxygens (including phenoxy) is 2. The molecule has 1 rings (SSSR count). The van der Waals surface area contributed by atoms with Gasteiger partial charge in [-0.25, -0.2) is 0 Å². The first-order valence-corrected chi connectivity index (χ1v) is 6.15. The number of hydrogen-bond acceptors (Lipinski definition) is 4. The van der Waals surface area contributed by atoms with Crippen LogP contribution in [0, 0.1) is 11.8 Å². The van der Waals surface area contributed by atoms with E-state index in [9.17, 15) is 4.79 Å². The van der Waals surface area contributed by atoms with Crippen molar-refractivity contribution >= 4 is 5.97 Å². The standard InChI is InChI=1S/C12H23NO3/c1-10(2)9-15-6-7-16-12(14)11-4-3-5-13-8-11/h10-11,13H,3-9H2,1-2H3/t11-/m1/s1. The molecule has 0 aromatic rings. The summed E-state index contributed by atoms with van der Waals surface area (Å²) in [7, 11) is 0. The molecule has 4 nitrogen and oxygen atoms in total. The quantitative estimate of drug-likeness (QED) is 0.549. The van der Waals surface area contributed by atoms with E-state index in [0.29, 0.717) is 19.1 Å². The average Bonchev–Trinajstić information content (AvgIpc) is 2.29. The number of carbonyl (C=O) groups is 1. The number of rotatable bonds is 6. The minimum absolute atomic E-state index is 0.0406. The van der Waals surface area contributed by atoms with Crippen molar-refractivity contribution in [3.8, 4) is 0 Å². The van der Waals surface area contributed by atoms with Crippen molar-refractivity contribution in [3.05, 3.63) is 0 Å². The van der Waals surface area contributed by atoms with Crippen LogP contribution in [0.5, 0.6) is 0 Å². The van der Waals surface area contributed by atoms with Crippen molar-refractivity contribution in [2.45, 2.75) is 26.7 Å². The van der Waals surface area contributed by atoms with E-state index in [2.05, 4.69) is 19.2 Å². The van der Waals surface area contributed by atoms with Crippen LogP contribution in [-0.2, 0) is 14.3 Å². The Balaban J connectivity index is 2.01. The summed E-state index contributed by atoms with van der Waals surface area (Å²) in [6, 6.07) is 0. The van der Waals surface area contributed by atoms with Crippen LogP contribution >= 0.6 is 0 Å². The maximum Gasteiger partial charge on any atom is 0.310 e. The van der Waals surface area contributed by atoms with Gasteiger partial charge >= 0.3 is 5.97 Å². The van der Waals surface area contributed by atoms with Crippen LogP contribution in [0.2, 0.25) is 0 Å². The Kier molecular flexibility index (Phi) is 6.42. The number of nitrogens with one attached hydrogen (secondary N) is 1. The summed E-state index contributed by atoms with van der Waals surface area (Å²) in [5, 5.41) is 3.20. The molecule has 94 valence electrons. The van der Waals surface area contributed by atoms with Crippen molar-refractivity contribution in [3.63, 3.8) is 0 Å². The van der Waals surface area contributed by atoms with Gasteiger partial charge in [0.1, 0.15) is 6.61 Å². The van der Waals surface area contributed by atoms with Gasteiger partial charge in [0.15, 0.2) is 0 Å². The number of carbonyl (C=O) groups excluding carboxylic acids is 1. The molecular formula is C12H23NO3. The van der Waals surface area contributed by atoms with Crippen LogP contribution < -0.4 is 5.32 Å². The van der Waals surface area contributed by atoms with Crippen LogP contribution in [0.15, 0.2) is 0 Å². The molecule has 1 aliphatic heterocycles. The van der Waals surface area contributed by atoms with Gasteiger partial charge < -0.3 is 14.8 Å². The monoisotopic (exact) mass is 229 g/mol. The molecule has 0 aromatic carbocycles. The maximum absolute atomic E-state index is 11.6. The van der Waals surface area contributed by atoms with E-state index in [0.717, 1.165) is 32.5 Å². The van der Waals surface area contributed by atoms with E-state index < -0.39 is 0 Å². The van der Waals surface area contributed by atoms with Crippen LogP contribution in [-0.4, -0.2) is 38.9 Å². The van der Waals surface area contributed by atoms with Gasteiger partial charge in [0.05, 0.1) is 12.5 Å². The second kappa shape index (κ2) is 7.63. The second-order valence-corrected chi connectivity index (χ2v) is 4.68. The Bertz CT molecular complexity index is 200. The maximum atomic E-state index is 11.6. The fourth-order valence-electron chi connectivity index (χ4n) is 1.69. The lowest BCUT2D eigenvalue weighted by Gasteiger charge is -2.21. The molecule has 0 aliphatic carbocycles. The summed E-state index contributed by atoms with van der Waals surface area (Å²) in [5.74, 6) is 0.484. The van der Waals surface area contributed by atoms with Gasteiger partial charge in [-0.2, -0.15) is 0 Å². The molecular weight excluding hydrogens is 206 g/mol. The molecule has 0 radical (unpaired) electrons. The Labute approximate surface area is 97.7 Å². The zero-order chi connectivity index (χ0) is 11.8. The topological polar surface area (TPSA) is 47.6 Å². The smallest absolute Gasteiger partial charge is 0.310 e. The molecule has 1 N–H and O–H groups in total. The normalized spacial score (nSPS) is 21.1. The molecule has 1 heterocycles. The van der Waals surface area contributed by atoms with Gasteiger partial charge in [0, 0.05) is 13.2 Å². The average molecular weight is 229 g/mol. The van der Waals surface area contributed by atoms with Crippen molar-refractivity contribution in [2.24, 2.45) is 11.8 Å². The zero-order valence-electron chi connectivity index (χ0n) is 10.3. The summed E-state index contributed by atoms with van der Waals surface area (Å²) >= 11 is 0. The van der Waals surface area contributed by atoms with Crippen molar-refractivity contribution in [2.75, 3.05) is 32.9 Å². The van der Waals surface area contributed by atoms with Gasteiger partial charge in [-0.05, 0) is 25.3 Å². The molecule has 0 amide bonds. The molecule has 1 atom stereocenters. The predicted molar refractivity (Wildman–Crippen MR) is 62.2 cm³/mol. The van der Waals surface area contributed by atoms with Crippen LogP contribution in [0.3, 0.4) is 0 Å². The van der Waals surface area contributed by atoms with Crippen LogP contribution in [0.4, 0.5) is 0 Å². The van der Waals surface area contributed by atoms with Gasteiger partial charge in [-0.3, -0.25) is 4.79 Å². The van der Waals surface area contributed by atoms with Gasteiger partial charge in [0.25, 0.3) is 0 Å². The lowest BCUT2D eigenvalue weighted by molar-refractivity contribution is -0.150. The van der Waals surface area contributed by atoms with Gasteiger partial charge in [0.2, 0.25) is 0 Å². The van der Waals surface area contributed by atoms with Crippen molar-refractivity contribution < 1.29 is 14.3 Å². The molecule has 1 aliphatic rings. The largest absolute Gasteiger partial charge is 0.463 e. The minimum atomic E-state index is -0.0830. The minimum Gasteiger partial charge on any atom is -0.463 e. The Morgan fingerprint density at radius 1 is 1.44 bits per heavy atom. The Morgan fingerprint density at radius 2 is 2.25 bits per heavy atom. The fourth-order valence-corrected chi connectivity index (χ4v) is 1.69. The van der Waals surface area contributed by atoms with E-state index in [-0.39, 0.29) is 11.9 Å². The third kappa shape index (κ3) is 5.47. The number of hydrogen-bond donors (Lipinski definition) is 1. The first-order valence-electron chi connectivity index (χ1n) is 6.15. The molecule has 16 heavy (non-hydrogen) atoms. The number of piperidine rings is 1. The van der Waals surface area contributed by atoms with Crippen molar-refractivity contribution in [1.29, 1.82) is 0 Å². The SMILES string of the molecule is CC(C)COCCOC(=O)[C@@H]1CCCNC1. The molecule has 0 aromatic heterocycles. The predicted octanol–water partition coefficient (Wildman–Crippen LogP) is 1.20. The van der Waals surface area contributed by atoms with Gasteiger partial charge in [-0.1, -0.05) is 13.8 Å². The molecule has 1 saturated heterocycles. The molecule has 0 unspecified atom stereocenters. The summed E-state index contributed by atoms with van der Waals surface area (Å²) in [5.41, 5.74) is 0. The summed E-state index contributed by atoms with van der Waals surface area (Å²) in [6.07, 6.45) is 2.00. The lowest BCUT2D eigenvalue weighted by Crippen LogP contribution is -2.35. The molecule has 1 fully saturated rings.